The van der Waals surface area contributed by atoms with Crippen LogP contribution in [0, 0.1) is 11.8 Å². The Morgan fingerprint density at radius 2 is 2.21 bits per heavy atom. The van der Waals surface area contributed by atoms with Crippen LogP contribution >= 0.6 is 0 Å². The molecule has 3 nitrogen and oxygen atoms in total. The Bertz CT molecular complexity index is 213. The highest BCUT2D eigenvalue weighted by Crippen LogP contribution is 2.27. The van der Waals surface area contributed by atoms with Crippen molar-refractivity contribution >= 4 is 5.91 Å². The predicted octanol–water partition coefficient (Wildman–Crippen LogP) is 0.854. The molecule has 0 aromatic rings. The average molecular weight is 196 g/mol. The van der Waals surface area contributed by atoms with Crippen LogP contribution in [-0.4, -0.2) is 37.0 Å². The van der Waals surface area contributed by atoms with Crippen molar-refractivity contribution < 1.29 is 4.79 Å². The maximum absolute atomic E-state index is 11.7. The second-order valence-electron chi connectivity index (χ2n) is 4.81. The van der Waals surface area contributed by atoms with E-state index in [0.29, 0.717) is 12.5 Å². The molecule has 3 heteroatoms. The molecule has 0 bridgehead atoms. The van der Waals surface area contributed by atoms with Gasteiger partial charge < -0.3 is 10.2 Å². The van der Waals surface area contributed by atoms with Gasteiger partial charge in [-0.3, -0.25) is 4.79 Å². The molecule has 1 unspecified atom stereocenters. The zero-order valence-corrected chi connectivity index (χ0v) is 8.96. The van der Waals surface area contributed by atoms with Crippen molar-refractivity contribution in [2.75, 3.05) is 26.2 Å². The van der Waals surface area contributed by atoms with Crippen LogP contribution in [0.3, 0.4) is 0 Å². The van der Waals surface area contributed by atoms with Crippen molar-refractivity contribution in [3.05, 3.63) is 0 Å². The lowest BCUT2D eigenvalue weighted by atomic mass is 10.2. The third-order valence-electron chi connectivity index (χ3n) is 3.18. The molecular weight excluding hydrogens is 176 g/mol. The number of nitrogens with one attached hydrogen (secondary N) is 1. The number of likely N-dealkylation sites (tertiary alicyclic amines) is 1. The van der Waals surface area contributed by atoms with Crippen LogP contribution in [0.5, 0.6) is 0 Å². The highest BCUT2D eigenvalue weighted by Gasteiger charge is 2.24. The van der Waals surface area contributed by atoms with Crippen LogP contribution in [0.2, 0.25) is 0 Å². The van der Waals surface area contributed by atoms with Gasteiger partial charge in [-0.1, -0.05) is 6.92 Å². The average Bonchev–Trinajstić information content (AvgIpc) is 2.87. The first kappa shape index (κ1) is 9.97. The van der Waals surface area contributed by atoms with E-state index in [1.807, 2.05) is 4.90 Å². The molecule has 0 aromatic carbocycles. The summed E-state index contributed by atoms with van der Waals surface area (Å²) < 4.78 is 0. The highest BCUT2D eigenvalue weighted by atomic mass is 16.2. The molecule has 14 heavy (non-hydrogen) atoms. The largest absolute Gasteiger partial charge is 0.341 e. The van der Waals surface area contributed by atoms with Gasteiger partial charge in [0.25, 0.3) is 0 Å². The second kappa shape index (κ2) is 4.30. The Labute approximate surface area is 85.8 Å². The zero-order valence-electron chi connectivity index (χ0n) is 8.96. The Kier molecular flexibility index (Phi) is 3.06. The molecule has 1 heterocycles. The van der Waals surface area contributed by atoms with Gasteiger partial charge in [0, 0.05) is 13.1 Å². The molecule has 1 atom stereocenters. The van der Waals surface area contributed by atoms with Gasteiger partial charge in [0.1, 0.15) is 0 Å². The summed E-state index contributed by atoms with van der Waals surface area (Å²) in [7, 11) is 0. The van der Waals surface area contributed by atoms with E-state index in [-0.39, 0.29) is 5.91 Å². The molecule has 1 saturated heterocycles. The van der Waals surface area contributed by atoms with Gasteiger partial charge in [0.15, 0.2) is 0 Å². The summed E-state index contributed by atoms with van der Waals surface area (Å²) in [5, 5.41) is 3.25. The highest BCUT2D eigenvalue weighted by molar-refractivity contribution is 5.78. The predicted molar refractivity (Wildman–Crippen MR) is 56.0 cm³/mol. The van der Waals surface area contributed by atoms with E-state index < -0.39 is 0 Å². The number of hydrogen-bond donors (Lipinski definition) is 1. The minimum absolute atomic E-state index is 0.287. The lowest BCUT2D eigenvalue weighted by Crippen LogP contribution is -2.37. The molecule has 1 amide bonds. The van der Waals surface area contributed by atoms with E-state index in [2.05, 4.69) is 12.2 Å². The first-order chi connectivity index (χ1) is 6.75. The molecule has 1 aliphatic carbocycles. The SMILES string of the molecule is CC1CCN(C(=O)CNCC2CC2)C1. The number of amides is 1. The van der Waals surface area contributed by atoms with Gasteiger partial charge in [0.05, 0.1) is 6.54 Å². The number of rotatable bonds is 4. The molecule has 80 valence electrons. The molecule has 1 N–H and O–H groups in total. The number of carbonyl (C=O) groups is 1. The van der Waals surface area contributed by atoms with E-state index in [4.69, 9.17) is 0 Å². The maximum atomic E-state index is 11.7. The summed E-state index contributed by atoms with van der Waals surface area (Å²) in [6, 6.07) is 0. The van der Waals surface area contributed by atoms with Crippen LogP contribution in [0.25, 0.3) is 0 Å². The van der Waals surface area contributed by atoms with Crippen LogP contribution in [0.15, 0.2) is 0 Å². The molecule has 0 aromatic heterocycles. The van der Waals surface area contributed by atoms with E-state index in [9.17, 15) is 4.79 Å². The normalized spacial score (nSPS) is 26.9. The fourth-order valence-electron chi connectivity index (χ4n) is 1.98. The van der Waals surface area contributed by atoms with E-state index in [0.717, 1.165) is 25.6 Å². The van der Waals surface area contributed by atoms with E-state index >= 15 is 0 Å². The van der Waals surface area contributed by atoms with Crippen molar-refractivity contribution in [3.63, 3.8) is 0 Å². The van der Waals surface area contributed by atoms with Gasteiger partial charge in [-0.15, -0.1) is 0 Å². The fourth-order valence-corrected chi connectivity index (χ4v) is 1.98. The molecule has 0 radical (unpaired) electrons. The van der Waals surface area contributed by atoms with Crippen LogP contribution in [0.4, 0.5) is 0 Å². The fraction of sp³-hybridized carbons (Fsp3) is 0.909. The first-order valence-corrected chi connectivity index (χ1v) is 5.74. The molecule has 2 fully saturated rings. The quantitative estimate of drug-likeness (QED) is 0.723. The molecule has 2 aliphatic rings. The van der Waals surface area contributed by atoms with Crippen LogP contribution in [-0.2, 0) is 4.79 Å². The number of hydrogen-bond acceptors (Lipinski definition) is 2. The number of carbonyl (C=O) groups excluding carboxylic acids is 1. The van der Waals surface area contributed by atoms with E-state index in [1.165, 1.54) is 19.3 Å². The monoisotopic (exact) mass is 196 g/mol. The Morgan fingerprint density at radius 3 is 2.79 bits per heavy atom. The molecule has 1 saturated carbocycles. The minimum Gasteiger partial charge on any atom is -0.341 e. The topological polar surface area (TPSA) is 32.3 Å². The van der Waals surface area contributed by atoms with Crippen LogP contribution in [0.1, 0.15) is 26.2 Å². The standard InChI is InChI=1S/C11H20N2O/c1-9-4-5-13(8-9)11(14)7-12-6-10-2-3-10/h9-10,12H,2-8H2,1H3. The summed E-state index contributed by atoms with van der Waals surface area (Å²) in [6.45, 7) is 5.72. The van der Waals surface area contributed by atoms with E-state index in [1.54, 1.807) is 0 Å². The van der Waals surface area contributed by atoms with Gasteiger partial charge in [0.2, 0.25) is 5.91 Å². The van der Waals surface area contributed by atoms with Gasteiger partial charge in [-0.2, -0.15) is 0 Å². The van der Waals surface area contributed by atoms with Crippen molar-refractivity contribution in [1.29, 1.82) is 0 Å². The third kappa shape index (κ3) is 2.71. The maximum Gasteiger partial charge on any atom is 0.236 e. The van der Waals surface area contributed by atoms with Crippen molar-refractivity contribution in [3.8, 4) is 0 Å². The zero-order chi connectivity index (χ0) is 9.97. The lowest BCUT2D eigenvalue weighted by molar-refractivity contribution is -0.129. The summed E-state index contributed by atoms with van der Waals surface area (Å²) in [4.78, 5) is 13.6. The first-order valence-electron chi connectivity index (χ1n) is 5.74. The lowest BCUT2D eigenvalue weighted by Gasteiger charge is -2.16. The number of nitrogens with zero attached hydrogens (tertiary/aromatic N) is 1. The van der Waals surface area contributed by atoms with Gasteiger partial charge in [-0.25, -0.2) is 0 Å². The second-order valence-corrected chi connectivity index (χ2v) is 4.81. The van der Waals surface area contributed by atoms with Gasteiger partial charge >= 0.3 is 0 Å². The Morgan fingerprint density at radius 1 is 1.43 bits per heavy atom. The summed E-state index contributed by atoms with van der Waals surface area (Å²) >= 11 is 0. The molecule has 1 aliphatic heterocycles. The smallest absolute Gasteiger partial charge is 0.236 e. The Balaban J connectivity index is 1.61. The molecule has 2 rings (SSSR count). The summed E-state index contributed by atoms with van der Waals surface area (Å²) in [6.07, 6.45) is 3.87. The Hall–Kier alpha value is -0.570. The third-order valence-corrected chi connectivity index (χ3v) is 3.18. The molecular formula is C11H20N2O. The van der Waals surface area contributed by atoms with Crippen molar-refractivity contribution in [1.82, 2.24) is 10.2 Å². The summed E-state index contributed by atoms with van der Waals surface area (Å²) in [5.41, 5.74) is 0. The minimum atomic E-state index is 0.287. The van der Waals surface area contributed by atoms with Crippen molar-refractivity contribution in [2.24, 2.45) is 11.8 Å². The van der Waals surface area contributed by atoms with Gasteiger partial charge in [-0.05, 0) is 37.6 Å². The van der Waals surface area contributed by atoms with Crippen LogP contribution < -0.4 is 5.32 Å². The summed E-state index contributed by atoms with van der Waals surface area (Å²) in [5.74, 6) is 1.85. The molecule has 0 spiro atoms. The van der Waals surface area contributed by atoms with Crippen molar-refractivity contribution in [2.45, 2.75) is 26.2 Å².